The first-order valence-corrected chi connectivity index (χ1v) is 12.8. The number of nitrogens with one attached hydrogen (secondary N) is 2. The van der Waals surface area contributed by atoms with E-state index in [9.17, 15) is 9.59 Å². The van der Waals surface area contributed by atoms with Crippen molar-refractivity contribution >= 4 is 52.5 Å². The fourth-order valence-corrected chi connectivity index (χ4v) is 4.78. The van der Waals surface area contributed by atoms with Gasteiger partial charge in [-0.25, -0.2) is 0 Å². The number of rotatable bonds is 8. The summed E-state index contributed by atoms with van der Waals surface area (Å²) in [5, 5.41) is 15.6. The van der Waals surface area contributed by atoms with Crippen molar-refractivity contribution in [1.82, 2.24) is 20.1 Å². The summed E-state index contributed by atoms with van der Waals surface area (Å²) in [6, 6.07) is 20.1. The molecule has 0 aliphatic rings. The highest BCUT2D eigenvalue weighted by Crippen LogP contribution is 2.24. The maximum absolute atomic E-state index is 12.7. The van der Waals surface area contributed by atoms with Crippen molar-refractivity contribution in [2.24, 2.45) is 0 Å². The summed E-state index contributed by atoms with van der Waals surface area (Å²) in [4.78, 5) is 25.3. The van der Waals surface area contributed by atoms with Crippen molar-refractivity contribution in [3.63, 3.8) is 0 Å². The van der Waals surface area contributed by atoms with Crippen LogP contribution in [0.15, 0.2) is 71.9 Å². The number of halogens is 2. The van der Waals surface area contributed by atoms with E-state index < -0.39 is 0 Å². The molecule has 0 aliphatic carbocycles. The molecule has 0 unspecified atom stereocenters. The lowest BCUT2D eigenvalue weighted by atomic mass is 10.2. The molecule has 0 radical (unpaired) electrons. The molecule has 1 heterocycles. The molecule has 0 bridgehead atoms. The first-order valence-electron chi connectivity index (χ1n) is 11.0. The standard InChI is InChI=1S/C26H23Cl2N5O2S/c1-16-5-3-7-19(11-16)30-24(34)15-36-26-32-31-23(33(26)20-8-4-6-17(2)12-20)14-29-25(35)21-10-9-18(27)13-22(21)28/h3-13H,14-15H2,1-2H3,(H,29,35)(H,30,34). The Bertz CT molecular complexity index is 1420. The van der Waals surface area contributed by atoms with E-state index in [2.05, 4.69) is 20.8 Å². The van der Waals surface area contributed by atoms with Gasteiger partial charge in [0.2, 0.25) is 5.91 Å². The van der Waals surface area contributed by atoms with Crippen LogP contribution in [0.5, 0.6) is 0 Å². The van der Waals surface area contributed by atoms with Gasteiger partial charge in [0.15, 0.2) is 11.0 Å². The van der Waals surface area contributed by atoms with Crippen LogP contribution in [-0.2, 0) is 11.3 Å². The molecule has 0 aliphatic heterocycles. The predicted octanol–water partition coefficient (Wildman–Crippen LogP) is 5.85. The Morgan fingerprint density at radius 1 is 0.944 bits per heavy atom. The van der Waals surface area contributed by atoms with Crippen LogP contribution in [-0.4, -0.2) is 32.3 Å². The molecule has 0 atom stereocenters. The van der Waals surface area contributed by atoms with E-state index in [1.54, 1.807) is 12.1 Å². The van der Waals surface area contributed by atoms with E-state index >= 15 is 0 Å². The third kappa shape index (κ3) is 6.46. The van der Waals surface area contributed by atoms with Crippen molar-refractivity contribution in [3.05, 3.63) is 99.3 Å². The van der Waals surface area contributed by atoms with Crippen LogP contribution in [0.3, 0.4) is 0 Å². The number of carbonyl (C=O) groups is 2. The molecule has 4 aromatic rings. The van der Waals surface area contributed by atoms with Crippen molar-refractivity contribution in [2.45, 2.75) is 25.5 Å². The second-order valence-electron chi connectivity index (χ2n) is 8.09. The maximum atomic E-state index is 12.7. The molecule has 4 rings (SSSR count). The van der Waals surface area contributed by atoms with Crippen LogP contribution in [0.4, 0.5) is 5.69 Å². The summed E-state index contributed by atoms with van der Waals surface area (Å²) in [5.41, 5.74) is 3.99. The lowest BCUT2D eigenvalue weighted by Crippen LogP contribution is -2.25. The highest BCUT2D eigenvalue weighted by Gasteiger charge is 2.18. The summed E-state index contributed by atoms with van der Waals surface area (Å²) in [5.74, 6) is 0.143. The lowest BCUT2D eigenvalue weighted by molar-refractivity contribution is -0.113. The second-order valence-corrected chi connectivity index (χ2v) is 9.87. The van der Waals surface area contributed by atoms with Crippen LogP contribution in [0.25, 0.3) is 5.69 Å². The minimum atomic E-state index is -0.359. The summed E-state index contributed by atoms with van der Waals surface area (Å²) in [6.07, 6.45) is 0. The summed E-state index contributed by atoms with van der Waals surface area (Å²) in [7, 11) is 0. The van der Waals surface area contributed by atoms with Crippen molar-refractivity contribution in [2.75, 3.05) is 11.1 Å². The predicted molar refractivity (Wildman–Crippen MR) is 144 cm³/mol. The van der Waals surface area contributed by atoms with Gasteiger partial charge in [0.1, 0.15) is 0 Å². The monoisotopic (exact) mass is 539 g/mol. The number of hydrogen-bond donors (Lipinski definition) is 2. The third-order valence-corrected chi connectivity index (χ3v) is 6.65. The van der Waals surface area contributed by atoms with E-state index in [1.807, 2.05) is 66.9 Å². The molecular weight excluding hydrogens is 517 g/mol. The van der Waals surface area contributed by atoms with Crippen LogP contribution in [0.1, 0.15) is 27.3 Å². The molecule has 1 aromatic heterocycles. The van der Waals surface area contributed by atoms with Crippen LogP contribution >= 0.6 is 35.0 Å². The molecule has 0 fully saturated rings. The molecule has 2 N–H and O–H groups in total. The summed E-state index contributed by atoms with van der Waals surface area (Å²) >= 11 is 13.4. The molecular formula is C26H23Cl2N5O2S. The second kappa shape index (κ2) is 11.6. The van der Waals surface area contributed by atoms with Crippen molar-refractivity contribution in [1.29, 1.82) is 0 Å². The Kier molecular flexibility index (Phi) is 8.30. The van der Waals surface area contributed by atoms with Gasteiger partial charge < -0.3 is 10.6 Å². The molecule has 0 saturated heterocycles. The largest absolute Gasteiger partial charge is 0.345 e. The number of aromatic nitrogens is 3. The van der Waals surface area contributed by atoms with Gasteiger partial charge in [-0.05, 0) is 67.4 Å². The molecule has 184 valence electrons. The number of carbonyl (C=O) groups excluding carboxylic acids is 2. The minimum Gasteiger partial charge on any atom is -0.345 e. The SMILES string of the molecule is Cc1cccc(NC(=O)CSc2nnc(CNC(=O)c3ccc(Cl)cc3Cl)n2-c2cccc(C)c2)c1. The third-order valence-electron chi connectivity index (χ3n) is 5.18. The number of aryl methyl sites for hydroxylation is 2. The fraction of sp³-hybridized carbons (Fsp3) is 0.154. The van der Waals surface area contributed by atoms with E-state index in [4.69, 9.17) is 23.2 Å². The Morgan fingerprint density at radius 3 is 2.42 bits per heavy atom. The number of nitrogens with zero attached hydrogens (tertiary/aromatic N) is 3. The molecule has 2 amide bonds. The average molecular weight is 540 g/mol. The van der Waals surface area contributed by atoms with Gasteiger partial charge >= 0.3 is 0 Å². The molecule has 0 saturated carbocycles. The zero-order valence-electron chi connectivity index (χ0n) is 19.6. The number of thioether (sulfide) groups is 1. The Morgan fingerprint density at radius 2 is 1.69 bits per heavy atom. The van der Waals surface area contributed by atoms with E-state index in [0.717, 1.165) is 22.5 Å². The van der Waals surface area contributed by atoms with Crippen molar-refractivity contribution in [3.8, 4) is 5.69 Å². The summed E-state index contributed by atoms with van der Waals surface area (Å²) < 4.78 is 1.83. The number of benzene rings is 3. The molecule has 10 heteroatoms. The topological polar surface area (TPSA) is 88.9 Å². The van der Waals surface area contributed by atoms with Gasteiger partial charge in [-0.15, -0.1) is 10.2 Å². The Hall–Kier alpha value is -3.33. The normalized spacial score (nSPS) is 10.8. The quantitative estimate of drug-likeness (QED) is 0.274. The molecule has 0 spiro atoms. The van der Waals surface area contributed by atoms with Crippen LogP contribution < -0.4 is 10.6 Å². The van der Waals surface area contributed by atoms with Gasteiger partial charge in [0.05, 0.1) is 22.9 Å². The van der Waals surface area contributed by atoms with Gasteiger partial charge in [-0.2, -0.15) is 0 Å². The molecule has 36 heavy (non-hydrogen) atoms. The summed E-state index contributed by atoms with van der Waals surface area (Å²) in [6.45, 7) is 4.06. The lowest BCUT2D eigenvalue weighted by Gasteiger charge is -2.12. The highest BCUT2D eigenvalue weighted by atomic mass is 35.5. The number of anilines is 1. The Labute approximate surface area is 223 Å². The van der Waals surface area contributed by atoms with Gasteiger partial charge in [-0.3, -0.25) is 14.2 Å². The van der Waals surface area contributed by atoms with Gasteiger partial charge in [0.25, 0.3) is 5.91 Å². The highest BCUT2D eigenvalue weighted by molar-refractivity contribution is 7.99. The smallest absolute Gasteiger partial charge is 0.253 e. The van der Waals surface area contributed by atoms with Gasteiger partial charge in [-0.1, -0.05) is 59.2 Å². The van der Waals surface area contributed by atoms with Gasteiger partial charge in [0, 0.05) is 16.4 Å². The first-order chi connectivity index (χ1) is 17.3. The first kappa shape index (κ1) is 25.8. The zero-order chi connectivity index (χ0) is 25.7. The van der Waals surface area contributed by atoms with Crippen LogP contribution in [0, 0.1) is 13.8 Å². The fourth-order valence-electron chi connectivity index (χ4n) is 3.51. The molecule has 7 nitrogen and oxygen atoms in total. The average Bonchev–Trinajstić information content (AvgIpc) is 3.24. The van der Waals surface area contributed by atoms with E-state index in [1.165, 1.54) is 17.8 Å². The number of amides is 2. The van der Waals surface area contributed by atoms with Crippen molar-refractivity contribution < 1.29 is 9.59 Å². The Balaban J connectivity index is 1.52. The van der Waals surface area contributed by atoms with E-state index in [-0.39, 0.29) is 29.1 Å². The minimum absolute atomic E-state index is 0.106. The van der Waals surface area contributed by atoms with E-state index in [0.29, 0.717) is 21.6 Å². The number of hydrogen-bond acceptors (Lipinski definition) is 5. The zero-order valence-corrected chi connectivity index (χ0v) is 21.9. The van der Waals surface area contributed by atoms with Crippen LogP contribution in [0.2, 0.25) is 10.0 Å². The maximum Gasteiger partial charge on any atom is 0.253 e. The molecule has 3 aromatic carbocycles.